The summed E-state index contributed by atoms with van der Waals surface area (Å²) in [5.74, 6) is 0. The van der Waals surface area contributed by atoms with Crippen LogP contribution in [0, 0.1) is 0 Å². The van der Waals surface area contributed by atoms with Gasteiger partial charge in [-0.1, -0.05) is 128 Å². The predicted molar refractivity (Wildman–Crippen MR) is 193 cm³/mol. The van der Waals surface area contributed by atoms with Gasteiger partial charge in [0.1, 0.15) is 0 Å². The fraction of sp³-hybridized carbons (Fsp3) is 0.182. The molecule has 222 valence electrons. The fourth-order valence-electron chi connectivity index (χ4n) is 7.73. The highest BCUT2D eigenvalue weighted by atomic mass is 15.1. The standard InChI is InChI=1S/C44H41N/c1-3-16-40-41-23-14-15-24-43(41)44(42(40)4-2,35-19-10-6-11-20-35)36-27-31-39(32-28-36)45(37-21-12-7-13-22-37)38-29-25-34(26-30-38)33-17-8-5-9-18-33/h3,5-8,10,12-17,19,21-32H,4,9,11,18,20H2,1-2H3. The summed E-state index contributed by atoms with van der Waals surface area (Å²) in [6.07, 6.45) is 23.5. The van der Waals surface area contributed by atoms with E-state index in [1.165, 1.54) is 44.5 Å². The molecule has 0 bridgehead atoms. The van der Waals surface area contributed by atoms with Gasteiger partial charge in [-0.25, -0.2) is 0 Å². The number of hydrogen-bond donors (Lipinski definition) is 0. The molecule has 0 radical (unpaired) electrons. The Kier molecular flexibility index (Phi) is 8.09. The van der Waals surface area contributed by atoms with Gasteiger partial charge in [0.25, 0.3) is 0 Å². The van der Waals surface area contributed by atoms with Crippen molar-refractivity contribution in [3.05, 3.63) is 185 Å². The van der Waals surface area contributed by atoms with E-state index in [1.807, 2.05) is 0 Å². The Morgan fingerprint density at radius 3 is 1.98 bits per heavy atom. The lowest BCUT2D eigenvalue weighted by molar-refractivity contribution is 0.655. The van der Waals surface area contributed by atoms with Crippen molar-refractivity contribution in [1.29, 1.82) is 0 Å². The van der Waals surface area contributed by atoms with Gasteiger partial charge >= 0.3 is 0 Å². The SMILES string of the molecule is CC=CC1=C(CC)C(C2=CC=CCC2)(c2ccc(N(c3ccccc3)c3ccc(C4=CC=CCC4)cc3)cc2)c2ccccc21. The zero-order valence-electron chi connectivity index (χ0n) is 26.4. The fourth-order valence-corrected chi connectivity index (χ4v) is 7.73. The van der Waals surface area contributed by atoms with Crippen LogP contribution in [-0.4, -0.2) is 0 Å². The van der Waals surface area contributed by atoms with Crippen molar-refractivity contribution in [2.75, 3.05) is 4.90 Å². The van der Waals surface area contributed by atoms with E-state index in [4.69, 9.17) is 0 Å². The Hall–Kier alpha value is -4.88. The lowest BCUT2D eigenvalue weighted by atomic mass is 9.64. The zero-order valence-corrected chi connectivity index (χ0v) is 26.4. The van der Waals surface area contributed by atoms with E-state index < -0.39 is 0 Å². The maximum Gasteiger partial charge on any atom is 0.0639 e. The first-order chi connectivity index (χ1) is 22.3. The summed E-state index contributed by atoms with van der Waals surface area (Å²) in [6.45, 7) is 4.46. The molecule has 1 unspecified atom stereocenters. The van der Waals surface area contributed by atoms with Crippen molar-refractivity contribution in [1.82, 2.24) is 0 Å². The van der Waals surface area contributed by atoms with Gasteiger partial charge in [0.15, 0.2) is 0 Å². The molecule has 0 aliphatic heterocycles. The van der Waals surface area contributed by atoms with Crippen LogP contribution in [0.25, 0.3) is 11.1 Å². The van der Waals surface area contributed by atoms with Crippen LogP contribution in [0.2, 0.25) is 0 Å². The van der Waals surface area contributed by atoms with Crippen LogP contribution in [0.5, 0.6) is 0 Å². The quantitative estimate of drug-likeness (QED) is 0.199. The van der Waals surface area contributed by atoms with E-state index in [2.05, 4.69) is 170 Å². The van der Waals surface area contributed by atoms with Gasteiger partial charge in [0.2, 0.25) is 0 Å². The average molecular weight is 584 g/mol. The molecule has 0 saturated carbocycles. The Morgan fingerprint density at radius 2 is 1.33 bits per heavy atom. The molecule has 0 saturated heterocycles. The van der Waals surface area contributed by atoms with Gasteiger partial charge in [-0.15, -0.1) is 0 Å². The molecule has 0 amide bonds. The third kappa shape index (κ3) is 5.07. The molecule has 7 rings (SSSR count). The largest absolute Gasteiger partial charge is 0.311 e. The van der Waals surface area contributed by atoms with Crippen LogP contribution in [0.4, 0.5) is 17.1 Å². The van der Waals surface area contributed by atoms with E-state index in [0.717, 1.165) is 49.2 Å². The summed E-state index contributed by atoms with van der Waals surface area (Å²) < 4.78 is 0. The molecule has 1 nitrogen and oxygen atoms in total. The zero-order chi connectivity index (χ0) is 30.6. The van der Waals surface area contributed by atoms with Crippen LogP contribution in [0.3, 0.4) is 0 Å². The molecular weight excluding hydrogens is 542 g/mol. The highest BCUT2D eigenvalue weighted by Crippen LogP contribution is 2.57. The van der Waals surface area contributed by atoms with Crippen LogP contribution in [-0.2, 0) is 5.41 Å². The molecule has 4 aromatic carbocycles. The highest BCUT2D eigenvalue weighted by Gasteiger charge is 2.47. The normalized spacial score (nSPS) is 19.1. The Bertz CT molecular complexity index is 1860. The number of nitrogens with zero attached hydrogens (tertiary/aromatic N) is 1. The smallest absolute Gasteiger partial charge is 0.0639 e. The minimum atomic E-state index is -0.273. The number of fused-ring (bicyclic) bond motifs is 1. The Labute approximate surface area is 269 Å². The minimum Gasteiger partial charge on any atom is -0.311 e. The highest BCUT2D eigenvalue weighted by molar-refractivity contribution is 5.90. The molecule has 3 aliphatic rings. The lowest BCUT2D eigenvalue weighted by Crippen LogP contribution is -2.31. The van der Waals surface area contributed by atoms with Crippen molar-refractivity contribution in [2.24, 2.45) is 0 Å². The van der Waals surface area contributed by atoms with Crippen molar-refractivity contribution < 1.29 is 0 Å². The monoisotopic (exact) mass is 583 g/mol. The van der Waals surface area contributed by atoms with E-state index in [9.17, 15) is 0 Å². The minimum absolute atomic E-state index is 0.273. The predicted octanol–water partition coefficient (Wildman–Crippen LogP) is 12.2. The van der Waals surface area contributed by atoms with Gasteiger partial charge in [0.05, 0.1) is 5.41 Å². The summed E-state index contributed by atoms with van der Waals surface area (Å²) in [4.78, 5) is 2.38. The van der Waals surface area contributed by atoms with Crippen LogP contribution < -0.4 is 4.90 Å². The van der Waals surface area contributed by atoms with Crippen LogP contribution >= 0.6 is 0 Å². The second-order valence-corrected chi connectivity index (χ2v) is 12.1. The number of hydrogen-bond acceptors (Lipinski definition) is 1. The number of allylic oxidation sites excluding steroid dienone is 12. The topological polar surface area (TPSA) is 3.24 Å². The number of para-hydroxylation sites is 1. The molecule has 0 aromatic heterocycles. The first-order valence-corrected chi connectivity index (χ1v) is 16.5. The van der Waals surface area contributed by atoms with Crippen LogP contribution in [0.15, 0.2) is 163 Å². The summed E-state index contributed by atoms with van der Waals surface area (Å²) in [7, 11) is 0. The molecule has 45 heavy (non-hydrogen) atoms. The number of anilines is 3. The molecule has 1 atom stereocenters. The Morgan fingerprint density at radius 1 is 0.689 bits per heavy atom. The van der Waals surface area contributed by atoms with E-state index in [-0.39, 0.29) is 5.41 Å². The number of benzene rings is 4. The van der Waals surface area contributed by atoms with Crippen molar-refractivity contribution in [3.63, 3.8) is 0 Å². The molecule has 4 aromatic rings. The first kappa shape index (κ1) is 28.9. The molecule has 0 heterocycles. The van der Waals surface area contributed by atoms with E-state index in [0.29, 0.717) is 0 Å². The third-order valence-electron chi connectivity index (χ3n) is 9.66. The molecule has 0 spiro atoms. The van der Waals surface area contributed by atoms with Gasteiger partial charge in [-0.2, -0.15) is 0 Å². The average Bonchev–Trinajstić information content (AvgIpc) is 3.40. The summed E-state index contributed by atoms with van der Waals surface area (Å²) in [5.41, 5.74) is 14.4. The van der Waals surface area contributed by atoms with Crippen molar-refractivity contribution in [2.45, 2.75) is 51.4 Å². The first-order valence-electron chi connectivity index (χ1n) is 16.5. The maximum atomic E-state index is 2.39. The van der Waals surface area contributed by atoms with Crippen LogP contribution in [0.1, 0.15) is 68.2 Å². The summed E-state index contributed by atoms with van der Waals surface area (Å²) in [6, 6.07) is 38.4. The van der Waals surface area contributed by atoms with E-state index in [1.54, 1.807) is 0 Å². The summed E-state index contributed by atoms with van der Waals surface area (Å²) >= 11 is 0. The van der Waals surface area contributed by atoms with Gasteiger partial charge in [-0.3, -0.25) is 0 Å². The van der Waals surface area contributed by atoms with Crippen molar-refractivity contribution in [3.8, 4) is 0 Å². The van der Waals surface area contributed by atoms with E-state index >= 15 is 0 Å². The van der Waals surface area contributed by atoms with Gasteiger partial charge in [0, 0.05) is 17.1 Å². The van der Waals surface area contributed by atoms with Gasteiger partial charge < -0.3 is 4.90 Å². The summed E-state index contributed by atoms with van der Waals surface area (Å²) in [5, 5.41) is 0. The molecule has 1 heteroatoms. The second kappa shape index (κ2) is 12.6. The molecule has 0 N–H and O–H groups in total. The molecule has 3 aliphatic carbocycles. The maximum absolute atomic E-state index is 2.39. The lowest BCUT2D eigenvalue weighted by Gasteiger charge is -2.38. The molecule has 0 fully saturated rings. The second-order valence-electron chi connectivity index (χ2n) is 12.1. The van der Waals surface area contributed by atoms with Gasteiger partial charge in [-0.05, 0) is 114 Å². The van der Waals surface area contributed by atoms with Crippen molar-refractivity contribution >= 4 is 28.2 Å². The third-order valence-corrected chi connectivity index (χ3v) is 9.66. The Balaban J connectivity index is 1.36. The molecular formula is C44H41N. The number of rotatable bonds is 8.